The van der Waals surface area contributed by atoms with Gasteiger partial charge in [-0.2, -0.15) is 0 Å². The molecule has 0 aliphatic carbocycles. The molecule has 19 heavy (non-hydrogen) atoms. The van der Waals surface area contributed by atoms with Gasteiger partial charge in [-0.05, 0) is 12.8 Å². The molecule has 0 radical (unpaired) electrons. The van der Waals surface area contributed by atoms with Crippen LogP contribution < -0.4 is 5.32 Å². The maximum Gasteiger partial charge on any atom is 0.328 e. The largest absolute Gasteiger partial charge is 0.464 e. The Hall–Kier alpha value is -1.06. The van der Waals surface area contributed by atoms with Crippen molar-refractivity contribution in [1.82, 2.24) is 5.32 Å². The van der Waals surface area contributed by atoms with Crippen molar-refractivity contribution in [1.29, 1.82) is 0 Å². The molecule has 1 N–H and O–H groups in total. The molecule has 0 spiro atoms. The van der Waals surface area contributed by atoms with Crippen LogP contribution in [-0.2, 0) is 14.3 Å². The Morgan fingerprint density at radius 2 is 1.79 bits per heavy atom. The van der Waals surface area contributed by atoms with Gasteiger partial charge in [0, 0.05) is 6.42 Å². The molecule has 1 heterocycles. The molecule has 1 aliphatic rings. The first-order chi connectivity index (χ1) is 9.24. The van der Waals surface area contributed by atoms with Gasteiger partial charge in [-0.15, -0.1) is 0 Å². The molecular formula is C15H27NO3. The zero-order valence-electron chi connectivity index (χ0n) is 12.1. The third-order valence-electron chi connectivity index (χ3n) is 3.52. The molecule has 0 saturated carbocycles. The first-order valence-corrected chi connectivity index (χ1v) is 7.70. The van der Waals surface area contributed by atoms with Gasteiger partial charge in [0.1, 0.15) is 6.04 Å². The van der Waals surface area contributed by atoms with Crippen LogP contribution in [0, 0.1) is 0 Å². The van der Waals surface area contributed by atoms with Crippen LogP contribution in [0.4, 0.5) is 0 Å². The van der Waals surface area contributed by atoms with E-state index in [0.29, 0.717) is 19.4 Å². The minimum Gasteiger partial charge on any atom is -0.464 e. The molecule has 1 atom stereocenters. The fraction of sp³-hybridized carbons (Fsp3) is 0.867. The molecule has 1 unspecified atom stereocenters. The normalized spacial score (nSPS) is 18.4. The van der Waals surface area contributed by atoms with Crippen LogP contribution in [0.15, 0.2) is 0 Å². The van der Waals surface area contributed by atoms with E-state index in [1.807, 2.05) is 0 Å². The van der Waals surface area contributed by atoms with Gasteiger partial charge in [0.2, 0.25) is 5.91 Å². The topological polar surface area (TPSA) is 55.4 Å². The lowest BCUT2D eigenvalue weighted by atomic mass is 10.1. The van der Waals surface area contributed by atoms with Crippen molar-refractivity contribution in [3.8, 4) is 0 Å². The zero-order valence-corrected chi connectivity index (χ0v) is 12.1. The number of amides is 1. The lowest BCUT2D eigenvalue weighted by Gasteiger charge is -2.09. The third kappa shape index (κ3) is 7.19. The number of hydrogen-bond acceptors (Lipinski definition) is 3. The van der Waals surface area contributed by atoms with E-state index in [9.17, 15) is 9.59 Å². The first-order valence-electron chi connectivity index (χ1n) is 7.70. The summed E-state index contributed by atoms with van der Waals surface area (Å²) in [6, 6.07) is -0.401. The molecule has 1 saturated heterocycles. The minimum absolute atomic E-state index is 0.0472. The molecule has 0 aromatic rings. The second kappa shape index (κ2) is 9.82. The summed E-state index contributed by atoms with van der Waals surface area (Å²) in [4.78, 5) is 22.5. The average molecular weight is 269 g/mol. The summed E-state index contributed by atoms with van der Waals surface area (Å²) in [6.07, 6.45) is 10.9. The maximum absolute atomic E-state index is 11.6. The second-order valence-corrected chi connectivity index (χ2v) is 5.30. The van der Waals surface area contributed by atoms with Crippen LogP contribution in [0.3, 0.4) is 0 Å². The second-order valence-electron chi connectivity index (χ2n) is 5.30. The van der Waals surface area contributed by atoms with Gasteiger partial charge in [0.05, 0.1) is 6.61 Å². The summed E-state index contributed by atoms with van der Waals surface area (Å²) in [5.74, 6) is -0.317. The number of nitrogens with one attached hydrogen (secondary N) is 1. The van der Waals surface area contributed by atoms with E-state index in [1.165, 1.54) is 38.5 Å². The van der Waals surface area contributed by atoms with Crippen LogP contribution in [0.5, 0.6) is 0 Å². The van der Waals surface area contributed by atoms with Crippen LogP contribution in [0.1, 0.15) is 71.1 Å². The van der Waals surface area contributed by atoms with E-state index in [2.05, 4.69) is 12.2 Å². The van der Waals surface area contributed by atoms with Crippen molar-refractivity contribution < 1.29 is 14.3 Å². The molecule has 1 amide bonds. The number of ether oxygens (including phenoxy) is 1. The third-order valence-corrected chi connectivity index (χ3v) is 3.52. The standard InChI is InChI=1S/C15H27NO3/c1-2-3-4-5-6-7-8-9-12-19-15(18)13-10-11-14(17)16-13/h13H,2-12H2,1H3,(H,16,17). The minimum atomic E-state index is -0.401. The Morgan fingerprint density at radius 3 is 2.37 bits per heavy atom. The summed E-state index contributed by atoms with van der Waals surface area (Å²) in [5, 5.41) is 2.62. The SMILES string of the molecule is CCCCCCCCCCOC(=O)C1CCC(=O)N1. The van der Waals surface area contributed by atoms with E-state index < -0.39 is 6.04 Å². The lowest BCUT2D eigenvalue weighted by molar-refractivity contribution is -0.146. The Kier molecular flexibility index (Phi) is 8.26. The Labute approximate surface area is 116 Å². The highest BCUT2D eigenvalue weighted by Crippen LogP contribution is 2.10. The lowest BCUT2D eigenvalue weighted by Crippen LogP contribution is -2.34. The summed E-state index contributed by atoms with van der Waals surface area (Å²) in [6.45, 7) is 2.71. The van der Waals surface area contributed by atoms with E-state index in [-0.39, 0.29) is 11.9 Å². The molecule has 110 valence electrons. The number of unbranched alkanes of at least 4 members (excludes halogenated alkanes) is 7. The van der Waals surface area contributed by atoms with E-state index >= 15 is 0 Å². The number of hydrogen-bond donors (Lipinski definition) is 1. The number of carbonyl (C=O) groups excluding carboxylic acids is 2. The van der Waals surface area contributed by atoms with Crippen molar-refractivity contribution in [3.63, 3.8) is 0 Å². The molecule has 4 nitrogen and oxygen atoms in total. The van der Waals surface area contributed by atoms with Crippen molar-refractivity contribution >= 4 is 11.9 Å². The molecule has 0 aromatic carbocycles. The van der Waals surface area contributed by atoms with Gasteiger partial charge in [-0.3, -0.25) is 4.79 Å². The van der Waals surface area contributed by atoms with Gasteiger partial charge in [0.25, 0.3) is 0 Å². The number of rotatable bonds is 10. The molecule has 1 aliphatic heterocycles. The Morgan fingerprint density at radius 1 is 1.16 bits per heavy atom. The summed E-state index contributed by atoms with van der Waals surface area (Å²) < 4.78 is 5.17. The predicted octanol–water partition coefficient (Wildman–Crippen LogP) is 2.95. The molecule has 1 fully saturated rings. The molecular weight excluding hydrogens is 242 g/mol. The Bertz CT molecular complexity index is 279. The summed E-state index contributed by atoms with van der Waals surface area (Å²) in [5.41, 5.74) is 0. The van der Waals surface area contributed by atoms with Crippen molar-refractivity contribution in [3.05, 3.63) is 0 Å². The van der Waals surface area contributed by atoms with Gasteiger partial charge in [-0.25, -0.2) is 4.79 Å². The highest BCUT2D eigenvalue weighted by Gasteiger charge is 2.28. The summed E-state index contributed by atoms with van der Waals surface area (Å²) in [7, 11) is 0. The average Bonchev–Trinajstić information content (AvgIpc) is 2.83. The van der Waals surface area contributed by atoms with E-state index in [4.69, 9.17) is 4.74 Å². The van der Waals surface area contributed by atoms with Crippen molar-refractivity contribution in [2.75, 3.05) is 6.61 Å². The van der Waals surface area contributed by atoms with Gasteiger partial charge in [0.15, 0.2) is 0 Å². The van der Waals surface area contributed by atoms with E-state index in [0.717, 1.165) is 12.8 Å². The Balaban J connectivity index is 1.88. The smallest absolute Gasteiger partial charge is 0.328 e. The summed E-state index contributed by atoms with van der Waals surface area (Å²) >= 11 is 0. The van der Waals surface area contributed by atoms with Crippen molar-refractivity contribution in [2.45, 2.75) is 77.2 Å². The molecule has 4 heteroatoms. The fourth-order valence-corrected chi connectivity index (χ4v) is 2.30. The number of esters is 1. The highest BCUT2D eigenvalue weighted by atomic mass is 16.5. The van der Waals surface area contributed by atoms with Crippen LogP contribution in [0.2, 0.25) is 0 Å². The van der Waals surface area contributed by atoms with Gasteiger partial charge < -0.3 is 10.1 Å². The molecule has 0 aromatic heterocycles. The zero-order chi connectivity index (χ0) is 13.9. The fourth-order valence-electron chi connectivity index (χ4n) is 2.30. The highest BCUT2D eigenvalue weighted by molar-refractivity contribution is 5.87. The monoisotopic (exact) mass is 269 g/mol. The van der Waals surface area contributed by atoms with Crippen molar-refractivity contribution in [2.24, 2.45) is 0 Å². The number of carbonyl (C=O) groups is 2. The molecule has 1 rings (SSSR count). The van der Waals surface area contributed by atoms with E-state index in [1.54, 1.807) is 0 Å². The molecule has 0 bridgehead atoms. The van der Waals surface area contributed by atoms with Crippen LogP contribution in [-0.4, -0.2) is 24.5 Å². The van der Waals surface area contributed by atoms with Crippen LogP contribution >= 0.6 is 0 Å². The predicted molar refractivity (Wildman–Crippen MR) is 74.7 cm³/mol. The first kappa shape index (κ1) is 16.0. The maximum atomic E-state index is 11.6. The van der Waals surface area contributed by atoms with Gasteiger partial charge >= 0.3 is 5.97 Å². The quantitative estimate of drug-likeness (QED) is 0.490. The van der Waals surface area contributed by atoms with Gasteiger partial charge in [-0.1, -0.05) is 51.9 Å². The van der Waals surface area contributed by atoms with Crippen LogP contribution in [0.25, 0.3) is 0 Å².